The van der Waals surface area contributed by atoms with Crippen molar-refractivity contribution in [2.45, 2.75) is 0 Å². The first-order valence-electron chi connectivity index (χ1n) is 4.42. The predicted molar refractivity (Wildman–Crippen MR) is 55.6 cm³/mol. The third kappa shape index (κ3) is 2.06. The molecule has 0 aliphatic rings. The Morgan fingerprint density at radius 1 is 1.19 bits per heavy atom. The van der Waals surface area contributed by atoms with E-state index in [0.29, 0.717) is 11.5 Å². The van der Waals surface area contributed by atoms with Crippen LogP contribution in [0.1, 0.15) is 15.9 Å². The number of ether oxygens (including phenoxy) is 3. The van der Waals surface area contributed by atoms with Gasteiger partial charge in [-0.3, -0.25) is 0 Å². The molecular formula is C11H11NO4. The van der Waals surface area contributed by atoms with Crippen molar-refractivity contribution in [2.24, 2.45) is 0 Å². The molecule has 0 aromatic heterocycles. The van der Waals surface area contributed by atoms with Gasteiger partial charge in [0.25, 0.3) is 0 Å². The Labute approximate surface area is 93.2 Å². The molecule has 0 aliphatic heterocycles. The Balaban J connectivity index is 3.39. The van der Waals surface area contributed by atoms with E-state index in [4.69, 9.17) is 14.7 Å². The second kappa shape index (κ2) is 5.03. The van der Waals surface area contributed by atoms with Gasteiger partial charge in [0.05, 0.1) is 32.5 Å². The molecule has 5 heteroatoms. The van der Waals surface area contributed by atoms with Crippen LogP contribution in [0.2, 0.25) is 0 Å². The lowest BCUT2D eigenvalue weighted by atomic mass is 10.1. The standard InChI is InChI=1S/C11H11NO4/c1-14-9-4-7(6-12)8(11(13)16-3)5-10(9)15-2/h4-5H,1-3H3. The molecular weight excluding hydrogens is 210 g/mol. The number of nitrogens with zero attached hydrogens (tertiary/aromatic N) is 1. The molecule has 1 aromatic rings. The zero-order valence-electron chi connectivity index (χ0n) is 9.23. The van der Waals surface area contributed by atoms with Crippen molar-refractivity contribution in [3.8, 4) is 17.6 Å². The fraction of sp³-hybridized carbons (Fsp3) is 0.273. The summed E-state index contributed by atoms with van der Waals surface area (Å²) in [4.78, 5) is 11.4. The molecule has 0 saturated heterocycles. The van der Waals surface area contributed by atoms with Crippen molar-refractivity contribution < 1.29 is 19.0 Å². The number of carbonyl (C=O) groups is 1. The van der Waals surface area contributed by atoms with Crippen molar-refractivity contribution in [1.82, 2.24) is 0 Å². The molecule has 0 aliphatic carbocycles. The number of methoxy groups -OCH3 is 3. The zero-order valence-corrected chi connectivity index (χ0v) is 9.23. The molecule has 16 heavy (non-hydrogen) atoms. The van der Waals surface area contributed by atoms with Gasteiger partial charge in [-0.25, -0.2) is 4.79 Å². The van der Waals surface area contributed by atoms with Gasteiger partial charge in [-0.15, -0.1) is 0 Å². The number of esters is 1. The van der Waals surface area contributed by atoms with Crippen LogP contribution >= 0.6 is 0 Å². The van der Waals surface area contributed by atoms with Crippen LogP contribution in [0, 0.1) is 11.3 Å². The normalized spacial score (nSPS) is 9.12. The summed E-state index contributed by atoms with van der Waals surface area (Å²) in [5, 5.41) is 8.89. The van der Waals surface area contributed by atoms with E-state index in [1.54, 1.807) is 0 Å². The first kappa shape index (κ1) is 11.9. The number of hydrogen-bond donors (Lipinski definition) is 0. The van der Waals surface area contributed by atoms with Gasteiger partial charge in [-0.05, 0) is 6.07 Å². The first-order valence-corrected chi connectivity index (χ1v) is 4.42. The first-order chi connectivity index (χ1) is 7.67. The highest BCUT2D eigenvalue weighted by atomic mass is 16.5. The Morgan fingerprint density at radius 2 is 1.75 bits per heavy atom. The summed E-state index contributed by atoms with van der Waals surface area (Å²) < 4.78 is 14.6. The molecule has 0 bridgehead atoms. The predicted octanol–water partition coefficient (Wildman–Crippen LogP) is 1.36. The van der Waals surface area contributed by atoms with Crippen LogP contribution in [0.15, 0.2) is 12.1 Å². The van der Waals surface area contributed by atoms with Gasteiger partial charge < -0.3 is 14.2 Å². The average molecular weight is 221 g/mol. The average Bonchev–Trinajstić information content (AvgIpc) is 2.35. The maximum Gasteiger partial charge on any atom is 0.339 e. The summed E-state index contributed by atoms with van der Waals surface area (Å²) >= 11 is 0. The summed E-state index contributed by atoms with van der Waals surface area (Å²) in [6, 6.07) is 4.76. The smallest absolute Gasteiger partial charge is 0.339 e. The molecule has 1 aromatic carbocycles. The second-order valence-corrected chi connectivity index (χ2v) is 2.86. The Bertz CT molecular complexity index is 448. The third-order valence-electron chi connectivity index (χ3n) is 2.05. The highest BCUT2D eigenvalue weighted by molar-refractivity contribution is 5.93. The quantitative estimate of drug-likeness (QED) is 0.721. The summed E-state index contributed by atoms with van der Waals surface area (Å²) in [6.07, 6.45) is 0. The van der Waals surface area contributed by atoms with E-state index in [2.05, 4.69) is 4.74 Å². The van der Waals surface area contributed by atoms with Gasteiger partial charge in [0, 0.05) is 6.07 Å². The van der Waals surface area contributed by atoms with Crippen LogP contribution < -0.4 is 9.47 Å². The number of rotatable bonds is 3. The van der Waals surface area contributed by atoms with Crippen molar-refractivity contribution in [3.05, 3.63) is 23.3 Å². The van der Waals surface area contributed by atoms with E-state index in [1.165, 1.54) is 33.5 Å². The van der Waals surface area contributed by atoms with Gasteiger partial charge in [-0.1, -0.05) is 0 Å². The fourth-order valence-electron chi connectivity index (χ4n) is 1.25. The topological polar surface area (TPSA) is 68.6 Å². The van der Waals surface area contributed by atoms with E-state index < -0.39 is 5.97 Å². The number of nitriles is 1. The van der Waals surface area contributed by atoms with Crippen molar-refractivity contribution in [1.29, 1.82) is 5.26 Å². The van der Waals surface area contributed by atoms with Crippen LogP contribution in [0.3, 0.4) is 0 Å². The van der Waals surface area contributed by atoms with Crippen LogP contribution in [0.4, 0.5) is 0 Å². The molecule has 5 nitrogen and oxygen atoms in total. The molecule has 0 atom stereocenters. The van der Waals surface area contributed by atoms with Gasteiger partial charge in [0.15, 0.2) is 11.5 Å². The molecule has 0 saturated carbocycles. The molecule has 0 heterocycles. The van der Waals surface area contributed by atoms with Crippen molar-refractivity contribution >= 4 is 5.97 Å². The van der Waals surface area contributed by atoms with Crippen LogP contribution in [-0.4, -0.2) is 27.3 Å². The summed E-state index contributed by atoms with van der Waals surface area (Å²) in [5.74, 6) is 0.186. The summed E-state index contributed by atoms with van der Waals surface area (Å²) in [5.41, 5.74) is 0.340. The molecule has 84 valence electrons. The van der Waals surface area contributed by atoms with E-state index in [-0.39, 0.29) is 11.1 Å². The minimum absolute atomic E-state index is 0.155. The summed E-state index contributed by atoms with van der Waals surface area (Å²) in [6.45, 7) is 0. The maximum atomic E-state index is 11.4. The Morgan fingerprint density at radius 3 is 2.19 bits per heavy atom. The lowest BCUT2D eigenvalue weighted by molar-refractivity contribution is 0.0600. The van der Waals surface area contributed by atoms with Crippen molar-refractivity contribution in [2.75, 3.05) is 21.3 Å². The highest BCUT2D eigenvalue weighted by Gasteiger charge is 2.16. The zero-order chi connectivity index (χ0) is 12.1. The van der Waals surface area contributed by atoms with Crippen LogP contribution in [-0.2, 0) is 4.74 Å². The van der Waals surface area contributed by atoms with Gasteiger partial charge in [0.1, 0.15) is 6.07 Å². The summed E-state index contributed by atoms with van der Waals surface area (Å²) in [7, 11) is 4.15. The second-order valence-electron chi connectivity index (χ2n) is 2.86. The lowest BCUT2D eigenvalue weighted by Crippen LogP contribution is -2.05. The van der Waals surface area contributed by atoms with Gasteiger partial charge in [-0.2, -0.15) is 5.26 Å². The molecule has 1 rings (SSSR count). The molecule has 0 N–H and O–H groups in total. The third-order valence-corrected chi connectivity index (χ3v) is 2.05. The maximum absolute atomic E-state index is 11.4. The molecule has 0 amide bonds. The number of benzene rings is 1. The molecule has 0 unspecified atom stereocenters. The monoisotopic (exact) mass is 221 g/mol. The minimum Gasteiger partial charge on any atom is -0.493 e. The molecule has 0 fully saturated rings. The Kier molecular flexibility index (Phi) is 3.72. The lowest BCUT2D eigenvalue weighted by Gasteiger charge is -2.10. The molecule has 0 spiro atoms. The van der Waals surface area contributed by atoms with E-state index in [1.807, 2.05) is 6.07 Å². The van der Waals surface area contributed by atoms with E-state index >= 15 is 0 Å². The van der Waals surface area contributed by atoms with Gasteiger partial charge in [0.2, 0.25) is 0 Å². The SMILES string of the molecule is COC(=O)c1cc(OC)c(OC)cc1C#N. The van der Waals surface area contributed by atoms with E-state index in [0.717, 1.165) is 0 Å². The van der Waals surface area contributed by atoms with Gasteiger partial charge >= 0.3 is 5.97 Å². The fourth-order valence-corrected chi connectivity index (χ4v) is 1.25. The largest absolute Gasteiger partial charge is 0.493 e. The van der Waals surface area contributed by atoms with Crippen LogP contribution in [0.25, 0.3) is 0 Å². The van der Waals surface area contributed by atoms with Crippen molar-refractivity contribution in [3.63, 3.8) is 0 Å². The minimum atomic E-state index is -0.586. The van der Waals surface area contributed by atoms with Crippen LogP contribution in [0.5, 0.6) is 11.5 Å². The highest BCUT2D eigenvalue weighted by Crippen LogP contribution is 2.30. The number of carbonyl (C=O) groups excluding carboxylic acids is 1. The molecule has 0 radical (unpaired) electrons. The van der Waals surface area contributed by atoms with E-state index in [9.17, 15) is 4.79 Å². The Hall–Kier alpha value is -2.22. The number of hydrogen-bond acceptors (Lipinski definition) is 5.